The molecule has 1 rings (SSSR count). The van der Waals surface area contributed by atoms with Crippen LogP contribution in [-0.4, -0.2) is 46.5 Å². The Kier molecular flexibility index (Phi) is 6.53. The van der Waals surface area contributed by atoms with Gasteiger partial charge in [-0.3, -0.25) is 4.79 Å². The van der Waals surface area contributed by atoms with Gasteiger partial charge in [0.15, 0.2) is 10.8 Å². The Labute approximate surface area is 125 Å². The van der Waals surface area contributed by atoms with Crippen molar-refractivity contribution in [3.8, 4) is 0 Å². The summed E-state index contributed by atoms with van der Waals surface area (Å²) in [6.45, 7) is 3.56. The molecule has 1 heterocycles. The molecule has 9 heteroatoms. The van der Waals surface area contributed by atoms with E-state index in [0.29, 0.717) is 0 Å². The topological polar surface area (TPSA) is 132 Å². The lowest BCUT2D eigenvalue weighted by molar-refractivity contribution is -0.147. The highest BCUT2D eigenvalue weighted by Crippen LogP contribution is 2.30. The quantitative estimate of drug-likeness (QED) is 0.609. The maximum Gasteiger partial charge on any atom is 0.358 e. The number of rotatable bonds is 7. The summed E-state index contributed by atoms with van der Waals surface area (Å²) in [5.74, 6) is -1.40. The molecule has 4 N–H and O–H groups in total. The first-order valence-corrected chi connectivity index (χ1v) is 7.17. The van der Waals surface area contributed by atoms with E-state index in [-0.39, 0.29) is 28.9 Å². The number of thiazole rings is 1. The van der Waals surface area contributed by atoms with Gasteiger partial charge in [-0.15, -0.1) is 0 Å². The van der Waals surface area contributed by atoms with Crippen LogP contribution in [0.4, 0.5) is 5.13 Å². The number of hydrogen-bond donors (Lipinski definition) is 3. The second kappa shape index (κ2) is 7.91. The summed E-state index contributed by atoms with van der Waals surface area (Å²) >= 11 is 0.849. The summed E-state index contributed by atoms with van der Waals surface area (Å²) in [5.41, 5.74) is 5.36. The third-order valence-electron chi connectivity index (χ3n) is 2.45. The third kappa shape index (κ3) is 4.66. The van der Waals surface area contributed by atoms with Gasteiger partial charge in [0.25, 0.3) is 0 Å². The number of nitrogens with two attached hydrogens (primary N) is 1. The van der Waals surface area contributed by atoms with Crippen molar-refractivity contribution in [3.05, 3.63) is 10.6 Å². The van der Waals surface area contributed by atoms with Crippen LogP contribution in [0.3, 0.4) is 0 Å². The fraction of sp³-hybridized carbons (Fsp3) is 0.583. The molecule has 0 aliphatic carbocycles. The summed E-state index contributed by atoms with van der Waals surface area (Å²) in [5, 5.41) is 20.0. The highest BCUT2D eigenvalue weighted by molar-refractivity contribution is 7.15. The van der Waals surface area contributed by atoms with E-state index in [0.717, 1.165) is 11.3 Å². The van der Waals surface area contributed by atoms with Gasteiger partial charge in [-0.25, -0.2) is 9.78 Å². The second-order valence-electron chi connectivity index (χ2n) is 4.01. The Morgan fingerprint density at radius 1 is 1.29 bits per heavy atom. The van der Waals surface area contributed by atoms with Crippen molar-refractivity contribution in [2.24, 2.45) is 0 Å². The van der Waals surface area contributed by atoms with Gasteiger partial charge < -0.3 is 25.4 Å². The molecule has 0 spiro atoms. The maximum atomic E-state index is 11.7. The smallest absolute Gasteiger partial charge is 0.358 e. The zero-order chi connectivity index (χ0) is 16.0. The van der Waals surface area contributed by atoms with Gasteiger partial charge >= 0.3 is 11.9 Å². The van der Waals surface area contributed by atoms with Gasteiger partial charge in [0.1, 0.15) is 6.10 Å². The number of aliphatic hydroxyl groups excluding tert-OH is 2. The first-order valence-electron chi connectivity index (χ1n) is 6.35. The van der Waals surface area contributed by atoms with Crippen LogP contribution in [0.1, 0.15) is 41.7 Å². The van der Waals surface area contributed by atoms with Crippen LogP contribution in [-0.2, 0) is 14.3 Å². The molecule has 0 fully saturated rings. The van der Waals surface area contributed by atoms with Crippen LogP contribution in [0, 0.1) is 0 Å². The minimum atomic E-state index is -1.48. The van der Waals surface area contributed by atoms with Crippen molar-refractivity contribution < 1.29 is 29.3 Å². The van der Waals surface area contributed by atoms with Crippen LogP contribution in [0.2, 0.25) is 0 Å². The number of anilines is 1. The van der Waals surface area contributed by atoms with Gasteiger partial charge in [-0.2, -0.15) is 0 Å². The minimum Gasteiger partial charge on any atom is -0.466 e. The van der Waals surface area contributed by atoms with Crippen molar-refractivity contribution >= 4 is 28.4 Å². The number of carbonyl (C=O) groups excluding carboxylic acids is 2. The van der Waals surface area contributed by atoms with E-state index in [2.05, 4.69) is 9.72 Å². The molecule has 2 atom stereocenters. The van der Waals surface area contributed by atoms with Crippen LogP contribution >= 0.6 is 11.3 Å². The lowest BCUT2D eigenvalue weighted by atomic mass is 10.1. The van der Waals surface area contributed by atoms with Crippen LogP contribution in [0.5, 0.6) is 0 Å². The van der Waals surface area contributed by atoms with Gasteiger partial charge in [0, 0.05) is 0 Å². The summed E-state index contributed by atoms with van der Waals surface area (Å²) < 4.78 is 9.48. The van der Waals surface area contributed by atoms with E-state index in [9.17, 15) is 19.8 Å². The van der Waals surface area contributed by atoms with E-state index in [4.69, 9.17) is 10.5 Å². The molecule has 0 saturated heterocycles. The Hall–Kier alpha value is -1.71. The number of carbonyl (C=O) groups is 2. The highest BCUT2D eigenvalue weighted by atomic mass is 32.1. The molecule has 0 amide bonds. The summed E-state index contributed by atoms with van der Waals surface area (Å²) in [6, 6.07) is 0. The number of nitrogens with zero attached hydrogens (tertiary/aromatic N) is 1. The molecular weight excluding hydrogens is 300 g/mol. The third-order valence-corrected chi connectivity index (χ3v) is 3.41. The van der Waals surface area contributed by atoms with Gasteiger partial charge in [-0.1, -0.05) is 11.3 Å². The van der Waals surface area contributed by atoms with Crippen molar-refractivity contribution in [1.29, 1.82) is 0 Å². The summed E-state index contributed by atoms with van der Waals surface area (Å²) in [6.07, 6.45) is -3.32. The number of aromatic nitrogens is 1. The Balaban J connectivity index is 2.88. The predicted molar refractivity (Wildman–Crippen MR) is 74.7 cm³/mol. The van der Waals surface area contributed by atoms with Crippen molar-refractivity contribution in [1.82, 2.24) is 4.98 Å². The van der Waals surface area contributed by atoms with Crippen molar-refractivity contribution in [2.75, 3.05) is 18.9 Å². The lowest BCUT2D eigenvalue weighted by Gasteiger charge is -2.16. The molecule has 2 unspecified atom stereocenters. The maximum absolute atomic E-state index is 11.7. The summed E-state index contributed by atoms with van der Waals surface area (Å²) in [7, 11) is 0. The van der Waals surface area contributed by atoms with E-state index in [1.54, 1.807) is 13.8 Å². The molecule has 8 nitrogen and oxygen atoms in total. The number of hydrogen-bond acceptors (Lipinski definition) is 9. The normalized spacial score (nSPS) is 13.5. The van der Waals surface area contributed by atoms with Crippen LogP contribution < -0.4 is 5.73 Å². The molecule has 1 aromatic rings. The fourth-order valence-electron chi connectivity index (χ4n) is 1.57. The number of ether oxygens (including phenoxy) is 2. The molecule has 21 heavy (non-hydrogen) atoms. The Morgan fingerprint density at radius 2 is 1.90 bits per heavy atom. The molecule has 0 aromatic carbocycles. The molecule has 118 valence electrons. The molecule has 0 bridgehead atoms. The van der Waals surface area contributed by atoms with Crippen molar-refractivity contribution in [3.63, 3.8) is 0 Å². The predicted octanol–water partition coefficient (Wildman–Crippen LogP) is 0.249. The molecular formula is C12H18N2O6S. The average Bonchev–Trinajstić information content (AvgIpc) is 2.80. The SMILES string of the molecule is CCOC(=O)CC(O)C(O)c1sc(N)nc1C(=O)OCC. The van der Waals surface area contributed by atoms with Gasteiger partial charge in [0.05, 0.1) is 30.6 Å². The van der Waals surface area contributed by atoms with E-state index in [1.807, 2.05) is 0 Å². The van der Waals surface area contributed by atoms with E-state index in [1.165, 1.54) is 0 Å². The zero-order valence-corrected chi connectivity index (χ0v) is 12.6. The van der Waals surface area contributed by atoms with E-state index >= 15 is 0 Å². The fourth-order valence-corrected chi connectivity index (χ4v) is 2.44. The van der Waals surface area contributed by atoms with Gasteiger partial charge in [-0.05, 0) is 13.8 Å². The monoisotopic (exact) mass is 318 g/mol. The standard InChI is InChI=1S/C12H18N2O6S/c1-3-19-7(16)5-6(15)9(17)10-8(11(18)20-4-2)14-12(13)21-10/h6,9,15,17H,3-5H2,1-2H3,(H2,13,14). The molecule has 1 aromatic heterocycles. The molecule has 0 saturated carbocycles. The molecule has 0 aliphatic rings. The molecule has 0 radical (unpaired) electrons. The van der Waals surface area contributed by atoms with Crippen LogP contribution in [0.25, 0.3) is 0 Å². The largest absolute Gasteiger partial charge is 0.466 e. The minimum absolute atomic E-state index is 0.0513. The Bertz CT molecular complexity index is 504. The number of esters is 2. The van der Waals surface area contributed by atoms with Crippen LogP contribution in [0.15, 0.2) is 0 Å². The highest BCUT2D eigenvalue weighted by Gasteiger charge is 2.30. The second-order valence-corrected chi connectivity index (χ2v) is 5.07. The first kappa shape index (κ1) is 17.3. The van der Waals surface area contributed by atoms with Crippen molar-refractivity contribution in [2.45, 2.75) is 32.5 Å². The summed E-state index contributed by atoms with van der Waals surface area (Å²) in [4.78, 5) is 26.8. The number of aliphatic hydroxyl groups is 2. The van der Waals surface area contributed by atoms with E-state index < -0.39 is 30.6 Å². The average molecular weight is 318 g/mol. The number of nitrogen functional groups attached to an aromatic ring is 1. The Morgan fingerprint density at radius 3 is 2.48 bits per heavy atom. The zero-order valence-electron chi connectivity index (χ0n) is 11.7. The lowest BCUT2D eigenvalue weighted by Crippen LogP contribution is -2.24. The first-order chi connectivity index (χ1) is 9.90. The molecule has 0 aliphatic heterocycles. The van der Waals surface area contributed by atoms with Gasteiger partial charge in [0.2, 0.25) is 0 Å².